The van der Waals surface area contributed by atoms with Crippen molar-refractivity contribution >= 4 is 32.6 Å². The van der Waals surface area contributed by atoms with Crippen molar-refractivity contribution in [2.24, 2.45) is 5.73 Å². The van der Waals surface area contributed by atoms with E-state index in [0.717, 1.165) is 0 Å². The molecule has 27 heavy (non-hydrogen) atoms. The summed E-state index contributed by atoms with van der Waals surface area (Å²) in [5, 5.41) is 0.468. The van der Waals surface area contributed by atoms with Crippen LogP contribution in [0.1, 0.15) is 13.8 Å². The van der Waals surface area contributed by atoms with Crippen LogP contribution in [0.15, 0.2) is 35.4 Å². The molecule has 2 heterocycles. The number of para-hydroxylation sites is 1. The third-order valence-corrected chi connectivity index (χ3v) is 6.16. The molecule has 1 aromatic carbocycles. The van der Waals surface area contributed by atoms with Gasteiger partial charge in [0.05, 0.1) is 17.1 Å². The van der Waals surface area contributed by atoms with Gasteiger partial charge in [0.15, 0.2) is 9.84 Å². The van der Waals surface area contributed by atoms with Crippen LogP contribution in [0.4, 0.5) is 0 Å². The first-order chi connectivity index (χ1) is 12.7. The number of fused-ring (bicyclic) bond motifs is 1. The van der Waals surface area contributed by atoms with Crippen LogP contribution in [0, 0.1) is 0 Å². The van der Waals surface area contributed by atoms with Gasteiger partial charge in [0.2, 0.25) is 11.8 Å². The Morgan fingerprint density at radius 3 is 2.44 bits per heavy atom. The van der Waals surface area contributed by atoms with Crippen LogP contribution in [-0.4, -0.2) is 60.7 Å². The number of amides is 2. The summed E-state index contributed by atoms with van der Waals surface area (Å²) >= 11 is 0. The standard InChI is InChI=1S/C18H23N3O5S/c1-12-7-21(8-13(2)26-12)18(23)10-20-9-16(27(24,25)11-17(19)22)14-5-3-4-6-15(14)20/h3-6,9,12-13H,7-8,10-11H2,1-2H3,(H2,19,22)/t12-,13-/m0/s1. The van der Waals surface area contributed by atoms with E-state index in [4.69, 9.17) is 10.5 Å². The summed E-state index contributed by atoms with van der Waals surface area (Å²) in [6.45, 7) is 4.82. The van der Waals surface area contributed by atoms with Gasteiger partial charge in [-0.25, -0.2) is 8.42 Å². The predicted octanol–water partition coefficient (Wildman–Crippen LogP) is 0.536. The highest BCUT2D eigenvalue weighted by Crippen LogP contribution is 2.26. The molecule has 1 fully saturated rings. The van der Waals surface area contributed by atoms with Crippen LogP contribution < -0.4 is 5.73 Å². The first kappa shape index (κ1) is 19.4. The van der Waals surface area contributed by atoms with Crippen molar-refractivity contribution in [1.29, 1.82) is 0 Å². The molecule has 3 rings (SSSR count). The number of morpholine rings is 1. The highest BCUT2D eigenvalue weighted by atomic mass is 32.2. The minimum atomic E-state index is -3.88. The smallest absolute Gasteiger partial charge is 0.242 e. The molecule has 9 heteroatoms. The van der Waals surface area contributed by atoms with Crippen LogP contribution in [-0.2, 0) is 30.7 Å². The molecule has 0 unspecified atom stereocenters. The maximum absolute atomic E-state index is 12.8. The van der Waals surface area contributed by atoms with Gasteiger partial charge in [-0.15, -0.1) is 0 Å². The Labute approximate surface area is 157 Å². The number of nitrogens with zero attached hydrogens (tertiary/aromatic N) is 2. The van der Waals surface area contributed by atoms with E-state index in [1.807, 2.05) is 13.8 Å². The van der Waals surface area contributed by atoms with Gasteiger partial charge in [-0.3, -0.25) is 9.59 Å². The number of primary amides is 1. The summed E-state index contributed by atoms with van der Waals surface area (Å²) in [6.07, 6.45) is 1.31. The molecule has 0 radical (unpaired) electrons. The molecule has 0 saturated carbocycles. The van der Waals surface area contributed by atoms with Gasteiger partial charge in [-0.2, -0.15) is 0 Å². The second-order valence-electron chi connectivity index (χ2n) is 6.92. The van der Waals surface area contributed by atoms with Gasteiger partial charge in [-0.1, -0.05) is 18.2 Å². The zero-order valence-corrected chi connectivity index (χ0v) is 16.1. The molecule has 2 N–H and O–H groups in total. The van der Waals surface area contributed by atoms with E-state index >= 15 is 0 Å². The number of ether oxygens (including phenoxy) is 1. The largest absolute Gasteiger partial charge is 0.372 e. The van der Waals surface area contributed by atoms with Crippen molar-refractivity contribution < 1.29 is 22.7 Å². The fraction of sp³-hybridized carbons (Fsp3) is 0.444. The number of hydrogen-bond donors (Lipinski definition) is 1. The summed E-state index contributed by atoms with van der Waals surface area (Å²) in [7, 11) is -3.88. The average Bonchev–Trinajstić information content (AvgIpc) is 2.92. The van der Waals surface area contributed by atoms with Crippen molar-refractivity contribution in [3.05, 3.63) is 30.5 Å². The lowest BCUT2D eigenvalue weighted by molar-refractivity contribution is -0.143. The molecular weight excluding hydrogens is 370 g/mol. The molecule has 1 aromatic heterocycles. The van der Waals surface area contributed by atoms with Crippen molar-refractivity contribution in [2.75, 3.05) is 18.8 Å². The molecule has 1 aliphatic heterocycles. The number of carbonyl (C=O) groups is 2. The molecule has 0 spiro atoms. The number of rotatable bonds is 5. The van der Waals surface area contributed by atoms with E-state index in [-0.39, 0.29) is 29.6 Å². The van der Waals surface area contributed by atoms with Gasteiger partial charge < -0.3 is 19.9 Å². The fourth-order valence-electron chi connectivity index (χ4n) is 3.48. The number of sulfone groups is 1. The minimum absolute atomic E-state index is 0.00600. The van der Waals surface area contributed by atoms with Crippen molar-refractivity contribution in [2.45, 2.75) is 37.5 Å². The Balaban J connectivity index is 1.94. The summed E-state index contributed by atoms with van der Waals surface area (Å²) in [4.78, 5) is 25.6. The Hall–Kier alpha value is -2.39. The van der Waals surface area contributed by atoms with E-state index in [1.54, 1.807) is 33.7 Å². The Kier molecular flexibility index (Phi) is 5.25. The normalized spacial score (nSPS) is 20.7. The third-order valence-electron chi connectivity index (χ3n) is 4.50. The lowest BCUT2D eigenvalue weighted by Crippen LogP contribution is -2.49. The van der Waals surface area contributed by atoms with Gasteiger partial charge in [0.25, 0.3) is 0 Å². The van der Waals surface area contributed by atoms with E-state index in [2.05, 4.69) is 0 Å². The van der Waals surface area contributed by atoms with E-state index < -0.39 is 21.5 Å². The summed E-state index contributed by atoms with van der Waals surface area (Å²) in [5.41, 5.74) is 5.69. The third kappa shape index (κ3) is 4.14. The van der Waals surface area contributed by atoms with Crippen molar-refractivity contribution in [3.8, 4) is 0 Å². The highest BCUT2D eigenvalue weighted by Gasteiger charge is 2.28. The Morgan fingerprint density at radius 1 is 1.19 bits per heavy atom. The monoisotopic (exact) mass is 393 g/mol. The van der Waals surface area contributed by atoms with Crippen LogP contribution in [0.5, 0.6) is 0 Å². The molecule has 1 aliphatic rings. The highest BCUT2D eigenvalue weighted by molar-refractivity contribution is 7.92. The first-order valence-electron chi connectivity index (χ1n) is 8.69. The van der Waals surface area contributed by atoms with Crippen LogP contribution >= 0.6 is 0 Å². The zero-order chi connectivity index (χ0) is 19.8. The second kappa shape index (κ2) is 7.32. The number of hydrogen-bond acceptors (Lipinski definition) is 5. The lowest BCUT2D eigenvalue weighted by Gasteiger charge is -2.35. The molecule has 2 amide bonds. The summed E-state index contributed by atoms with van der Waals surface area (Å²) < 4.78 is 32.3. The maximum atomic E-state index is 12.8. The maximum Gasteiger partial charge on any atom is 0.242 e. The lowest BCUT2D eigenvalue weighted by atomic mass is 10.2. The quantitative estimate of drug-likeness (QED) is 0.797. The summed E-state index contributed by atoms with van der Waals surface area (Å²) in [5.74, 6) is -1.80. The van der Waals surface area contributed by atoms with Crippen molar-refractivity contribution in [1.82, 2.24) is 9.47 Å². The number of benzene rings is 1. The van der Waals surface area contributed by atoms with E-state index in [1.165, 1.54) is 6.20 Å². The van der Waals surface area contributed by atoms with E-state index in [9.17, 15) is 18.0 Å². The number of nitrogens with two attached hydrogens (primary N) is 1. The molecule has 0 bridgehead atoms. The molecular formula is C18H23N3O5S. The summed E-state index contributed by atoms with van der Waals surface area (Å²) in [6, 6.07) is 6.88. The SMILES string of the molecule is C[C@H]1CN(C(=O)Cn2cc(S(=O)(=O)CC(N)=O)c3ccccc32)C[C@H](C)O1. The molecule has 2 atom stereocenters. The molecule has 146 valence electrons. The Bertz CT molecular complexity index is 972. The number of carbonyl (C=O) groups excluding carboxylic acids is 2. The van der Waals surface area contributed by atoms with Crippen LogP contribution in [0.2, 0.25) is 0 Å². The molecule has 2 aromatic rings. The van der Waals surface area contributed by atoms with Crippen LogP contribution in [0.25, 0.3) is 10.9 Å². The van der Waals surface area contributed by atoms with Gasteiger partial charge >= 0.3 is 0 Å². The zero-order valence-electron chi connectivity index (χ0n) is 15.3. The van der Waals surface area contributed by atoms with Gasteiger partial charge in [0, 0.05) is 30.2 Å². The topological polar surface area (TPSA) is 112 Å². The second-order valence-corrected chi connectivity index (χ2v) is 8.88. The molecule has 0 aliphatic carbocycles. The first-order valence-corrected chi connectivity index (χ1v) is 10.3. The fourth-order valence-corrected chi connectivity index (χ4v) is 4.81. The van der Waals surface area contributed by atoms with Crippen molar-refractivity contribution in [3.63, 3.8) is 0 Å². The Morgan fingerprint density at radius 2 is 1.81 bits per heavy atom. The molecule has 1 saturated heterocycles. The van der Waals surface area contributed by atoms with Gasteiger partial charge in [0.1, 0.15) is 12.3 Å². The predicted molar refractivity (Wildman–Crippen MR) is 99.8 cm³/mol. The van der Waals surface area contributed by atoms with Gasteiger partial charge in [-0.05, 0) is 19.9 Å². The molecule has 8 nitrogen and oxygen atoms in total. The van der Waals surface area contributed by atoms with Crippen LogP contribution in [0.3, 0.4) is 0 Å². The minimum Gasteiger partial charge on any atom is -0.372 e. The number of aromatic nitrogens is 1. The van der Waals surface area contributed by atoms with E-state index in [0.29, 0.717) is 24.0 Å². The average molecular weight is 393 g/mol.